The second kappa shape index (κ2) is 11.8. The molecule has 7 aromatic rings. The molecule has 0 radical (unpaired) electrons. The molecular formula is C38H31FN4OPt. The van der Waals surface area contributed by atoms with Crippen LogP contribution in [0.4, 0.5) is 4.39 Å². The van der Waals surface area contributed by atoms with Crippen molar-refractivity contribution in [3.05, 3.63) is 132 Å². The molecule has 0 aliphatic carbocycles. The average molecular weight is 774 g/mol. The van der Waals surface area contributed by atoms with E-state index in [-0.39, 0.29) is 32.3 Å². The fourth-order valence-corrected chi connectivity index (χ4v) is 5.84. The van der Waals surface area contributed by atoms with Crippen molar-refractivity contribution >= 4 is 21.8 Å². The first kappa shape index (κ1) is 30.5. The van der Waals surface area contributed by atoms with Gasteiger partial charge in [0.05, 0.1) is 5.69 Å². The van der Waals surface area contributed by atoms with Crippen LogP contribution in [0.15, 0.2) is 97.2 Å². The molecule has 0 spiro atoms. The molecular weight excluding hydrogens is 743 g/mol. The van der Waals surface area contributed by atoms with E-state index in [4.69, 9.17) is 9.84 Å². The summed E-state index contributed by atoms with van der Waals surface area (Å²) < 4.78 is 24.6. The van der Waals surface area contributed by atoms with Gasteiger partial charge >= 0.3 is 21.1 Å². The monoisotopic (exact) mass is 773 g/mol. The van der Waals surface area contributed by atoms with Crippen molar-refractivity contribution in [2.45, 2.75) is 40.0 Å². The van der Waals surface area contributed by atoms with Crippen LogP contribution in [0.1, 0.15) is 37.7 Å². The number of benzene rings is 4. The second-order valence-electron chi connectivity index (χ2n) is 12.1. The molecule has 7 rings (SSSR count). The number of rotatable bonds is 5. The molecule has 4 aromatic carbocycles. The summed E-state index contributed by atoms with van der Waals surface area (Å²) in [5.41, 5.74) is 7.84. The number of halogens is 1. The predicted molar refractivity (Wildman–Crippen MR) is 173 cm³/mol. The maximum atomic E-state index is 14.4. The van der Waals surface area contributed by atoms with Crippen molar-refractivity contribution in [1.82, 2.24) is 19.3 Å². The predicted octanol–water partition coefficient (Wildman–Crippen LogP) is 9.48. The Kier molecular flexibility index (Phi) is 7.96. The van der Waals surface area contributed by atoms with E-state index in [1.54, 1.807) is 0 Å². The summed E-state index contributed by atoms with van der Waals surface area (Å²) in [5, 5.41) is 6.86. The van der Waals surface area contributed by atoms with E-state index in [1.807, 2.05) is 64.7 Å². The van der Waals surface area contributed by atoms with Crippen molar-refractivity contribution in [1.29, 1.82) is 0 Å². The standard InChI is InChI=1S/C38H31FN4O.Pt/c1-24-37(26-10-7-6-8-11-26)25(2)43(41-24)29-12-9-13-30(22-29)44-31-15-16-32-33-20-27(38(3,4)5)14-17-34(33)42(35(32)23-31)36-21-28(39)18-19-40-36;/h6-21H,1-5H3;/q-2;+2. The van der Waals surface area contributed by atoms with Gasteiger partial charge in [-0.3, -0.25) is 4.68 Å². The van der Waals surface area contributed by atoms with Gasteiger partial charge in [0, 0.05) is 40.5 Å². The van der Waals surface area contributed by atoms with Crippen LogP contribution in [-0.2, 0) is 26.5 Å². The molecule has 0 N–H and O–H groups in total. The molecule has 0 amide bonds. The first-order valence-corrected chi connectivity index (χ1v) is 14.6. The van der Waals surface area contributed by atoms with Gasteiger partial charge in [0.2, 0.25) is 0 Å². The Morgan fingerprint density at radius 2 is 1.58 bits per heavy atom. The Balaban J connectivity index is 0.00000357. The number of aryl methyl sites for hydroxylation is 1. The van der Waals surface area contributed by atoms with Crippen LogP contribution in [0.2, 0.25) is 0 Å². The molecule has 0 aliphatic heterocycles. The van der Waals surface area contributed by atoms with E-state index in [2.05, 4.69) is 75.1 Å². The molecule has 0 aliphatic rings. The Hall–Kier alpha value is -4.54. The maximum Gasteiger partial charge on any atom is 2.00 e. The van der Waals surface area contributed by atoms with Gasteiger partial charge in [-0.05, 0) is 53.6 Å². The summed E-state index contributed by atoms with van der Waals surface area (Å²) in [4.78, 5) is 4.50. The molecule has 0 atom stereocenters. The molecule has 0 fully saturated rings. The smallest absolute Gasteiger partial charge is 0.509 e. The van der Waals surface area contributed by atoms with E-state index >= 15 is 0 Å². The molecule has 3 aromatic heterocycles. The van der Waals surface area contributed by atoms with Crippen molar-refractivity contribution in [2.75, 3.05) is 0 Å². The number of ether oxygens (including phenoxy) is 1. The van der Waals surface area contributed by atoms with Crippen LogP contribution in [0.25, 0.3) is 44.4 Å². The van der Waals surface area contributed by atoms with Crippen LogP contribution in [-0.4, -0.2) is 19.3 Å². The van der Waals surface area contributed by atoms with Crippen LogP contribution >= 0.6 is 0 Å². The van der Waals surface area contributed by atoms with E-state index in [0.29, 0.717) is 17.3 Å². The Bertz CT molecular complexity index is 2180. The SMILES string of the molecule is Cc1nn(-c2[c-]c(Oc3[c-]c4c(cc3)c3cc(C(C)(C)C)ccc3n4-c3cc(F)ccn3)ccc2)c(C)c1-c1ccccc1.[Pt+2]. The van der Waals surface area contributed by atoms with Crippen LogP contribution in [0.3, 0.4) is 0 Å². The van der Waals surface area contributed by atoms with Gasteiger partial charge in [-0.1, -0.05) is 68.8 Å². The summed E-state index contributed by atoms with van der Waals surface area (Å²) in [5.74, 6) is 1.18. The number of nitrogens with zero attached hydrogens (tertiary/aromatic N) is 4. The number of hydrogen-bond donors (Lipinski definition) is 0. The molecule has 3 heterocycles. The first-order valence-electron chi connectivity index (χ1n) is 14.6. The van der Waals surface area contributed by atoms with Crippen molar-refractivity contribution in [3.63, 3.8) is 0 Å². The summed E-state index contributed by atoms with van der Waals surface area (Å²) in [7, 11) is 0. The number of pyridine rings is 1. The zero-order valence-electron chi connectivity index (χ0n) is 25.6. The molecule has 5 nitrogen and oxygen atoms in total. The van der Waals surface area contributed by atoms with Crippen LogP contribution < -0.4 is 4.74 Å². The molecule has 0 saturated carbocycles. The Labute approximate surface area is 276 Å². The minimum absolute atomic E-state index is 0. The van der Waals surface area contributed by atoms with Gasteiger partial charge in [-0.25, -0.2) is 9.37 Å². The van der Waals surface area contributed by atoms with E-state index < -0.39 is 0 Å². The van der Waals surface area contributed by atoms with Gasteiger partial charge < -0.3 is 9.30 Å². The van der Waals surface area contributed by atoms with Gasteiger partial charge in [0.1, 0.15) is 11.6 Å². The summed E-state index contributed by atoms with van der Waals surface area (Å²) >= 11 is 0. The number of hydrogen-bond acceptors (Lipinski definition) is 3. The second-order valence-corrected chi connectivity index (χ2v) is 12.1. The normalized spacial score (nSPS) is 11.6. The fraction of sp³-hybridized carbons (Fsp3) is 0.158. The van der Waals surface area contributed by atoms with E-state index in [9.17, 15) is 4.39 Å². The largest absolute Gasteiger partial charge is 2.00 e. The van der Waals surface area contributed by atoms with Gasteiger partial charge in [0.25, 0.3) is 0 Å². The zero-order valence-corrected chi connectivity index (χ0v) is 27.9. The fourth-order valence-electron chi connectivity index (χ4n) is 5.84. The van der Waals surface area contributed by atoms with Crippen molar-refractivity contribution < 1.29 is 30.2 Å². The summed E-state index contributed by atoms with van der Waals surface area (Å²) in [6.07, 6.45) is 1.48. The zero-order chi connectivity index (χ0) is 30.6. The van der Waals surface area contributed by atoms with Crippen LogP contribution in [0, 0.1) is 31.8 Å². The van der Waals surface area contributed by atoms with Gasteiger partial charge in [-0.2, -0.15) is 17.2 Å². The first-order chi connectivity index (χ1) is 21.2. The third-order valence-electron chi connectivity index (χ3n) is 8.01. The van der Waals surface area contributed by atoms with Crippen molar-refractivity contribution in [3.8, 4) is 34.1 Å². The van der Waals surface area contributed by atoms with Crippen LogP contribution in [0.5, 0.6) is 11.5 Å². The van der Waals surface area contributed by atoms with E-state index in [1.165, 1.54) is 23.9 Å². The summed E-state index contributed by atoms with van der Waals surface area (Å²) in [6.45, 7) is 10.7. The molecule has 0 unspecified atom stereocenters. The van der Waals surface area contributed by atoms with Crippen molar-refractivity contribution in [2.24, 2.45) is 0 Å². The quantitative estimate of drug-likeness (QED) is 0.164. The van der Waals surface area contributed by atoms with Gasteiger partial charge in [-0.15, -0.1) is 35.7 Å². The maximum absolute atomic E-state index is 14.4. The Morgan fingerprint density at radius 1 is 0.800 bits per heavy atom. The third-order valence-corrected chi connectivity index (χ3v) is 8.01. The molecule has 0 bridgehead atoms. The average Bonchev–Trinajstić information content (AvgIpc) is 3.49. The topological polar surface area (TPSA) is 44.9 Å². The summed E-state index contributed by atoms with van der Waals surface area (Å²) in [6, 6.07) is 36.0. The van der Waals surface area contributed by atoms with E-state index in [0.717, 1.165) is 50.0 Å². The molecule has 7 heteroatoms. The molecule has 0 saturated heterocycles. The minimum Gasteiger partial charge on any atom is -0.509 e. The Morgan fingerprint density at radius 3 is 2.33 bits per heavy atom. The molecule has 226 valence electrons. The minimum atomic E-state index is -0.352. The van der Waals surface area contributed by atoms with Gasteiger partial charge in [0.15, 0.2) is 0 Å². The number of fused-ring (bicyclic) bond motifs is 3. The third kappa shape index (κ3) is 5.60. The molecule has 45 heavy (non-hydrogen) atoms. The number of aromatic nitrogens is 4.